The number of halogens is 1. The van der Waals surface area contributed by atoms with E-state index in [1.165, 1.54) is 0 Å². The Labute approximate surface area is 119 Å². The van der Waals surface area contributed by atoms with Gasteiger partial charge >= 0.3 is 0 Å². The highest BCUT2D eigenvalue weighted by Gasteiger charge is 2.11. The van der Waals surface area contributed by atoms with Gasteiger partial charge in [0.2, 0.25) is 0 Å². The van der Waals surface area contributed by atoms with Crippen molar-refractivity contribution in [2.45, 2.75) is 6.54 Å². The number of carbonyl (C=O) groups excluding carboxylic acids is 1. The van der Waals surface area contributed by atoms with Gasteiger partial charge in [0.05, 0.1) is 24.9 Å². The molecule has 0 saturated carbocycles. The monoisotopic (exact) mass is 321 g/mol. The van der Waals surface area contributed by atoms with E-state index in [4.69, 9.17) is 4.74 Å². The predicted molar refractivity (Wildman–Crippen MR) is 73.9 cm³/mol. The molecule has 0 bridgehead atoms. The van der Waals surface area contributed by atoms with E-state index < -0.39 is 0 Å². The van der Waals surface area contributed by atoms with Gasteiger partial charge in [0.25, 0.3) is 5.91 Å². The minimum absolute atomic E-state index is 0.198. The first-order valence-electron chi connectivity index (χ1n) is 5.59. The lowest BCUT2D eigenvalue weighted by molar-refractivity contribution is 0.0949. The summed E-state index contributed by atoms with van der Waals surface area (Å²) in [6.45, 7) is 0.330. The average Bonchev–Trinajstić information content (AvgIpc) is 2.46. The van der Waals surface area contributed by atoms with Gasteiger partial charge in [0.1, 0.15) is 5.75 Å². The fraction of sp³-hybridized carbons (Fsp3) is 0.154. The van der Waals surface area contributed by atoms with Crippen LogP contribution in [0.1, 0.15) is 16.1 Å². The van der Waals surface area contributed by atoms with Crippen LogP contribution in [0.15, 0.2) is 41.0 Å². The van der Waals surface area contributed by atoms with Crippen molar-refractivity contribution in [2.75, 3.05) is 7.11 Å². The predicted octanol–water partition coefficient (Wildman–Crippen LogP) is 2.18. The highest BCUT2D eigenvalue weighted by molar-refractivity contribution is 9.10. The number of methoxy groups -OCH3 is 1. The largest absolute Gasteiger partial charge is 0.497 e. The van der Waals surface area contributed by atoms with Crippen LogP contribution in [0, 0.1) is 0 Å². The fourth-order valence-corrected chi connectivity index (χ4v) is 1.93. The molecular weight excluding hydrogens is 310 g/mol. The quantitative estimate of drug-likeness (QED) is 0.937. The molecular formula is C13H12BrN3O2. The molecule has 1 amide bonds. The molecule has 0 aliphatic rings. The highest BCUT2D eigenvalue weighted by atomic mass is 79.9. The lowest BCUT2D eigenvalue weighted by atomic mass is 10.2. The molecule has 0 saturated heterocycles. The van der Waals surface area contributed by atoms with E-state index in [-0.39, 0.29) is 5.91 Å². The van der Waals surface area contributed by atoms with E-state index in [1.54, 1.807) is 43.6 Å². The number of nitrogens with one attached hydrogen (secondary N) is 1. The lowest BCUT2D eigenvalue weighted by Crippen LogP contribution is -2.23. The van der Waals surface area contributed by atoms with E-state index in [0.717, 1.165) is 0 Å². The number of aromatic nitrogens is 2. The zero-order chi connectivity index (χ0) is 13.7. The van der Waals surface area contributed by atoms with Crippen LogP contribution in [0.2, 0.25) is 0 Å². The first-order valence-corrected chi connectivity index (χ1v) is 6.38. The number of amides is 1. The normalized spacial score (nSPS) is 10.0. The SMILES string of the molecule is COc1ccc(Br)c(C(=O)NCc2cccnn2)c1. The third kappa shape index (κ3) is 3.51. The van der Waals surface area contributed by atoms with Gasteiger partial charge < -0.3 is 10.1 Å². The Kier molecular flexibility index (Phi) is 4.46. The van der Waals surface area contributed by atoms with Gasteiger partial charge in [0, 0.05) is 10.7 Å². The summed E-state index contributed by atoms with van der Waals surface area (Å²) in [4.78, 5) is 12.1. The number of benzene rings is 1. The Morgan fingerprint density at radius 3 is 2.95 bits per heavy atom. The maximum absolute atomic E-state index is 12.1. The second-order valence-electron chi connectivity index (χ2n) is 3.74. The summed E-state index contributed by atoms with van der Waals surface area (Å²) in [6.07, 6.45) is 1.59. The number of nitrogens with zero attached hydrogens (tertiary/aromatic N) is 2. The van der Waals surface area contributed by atoms with E-state index in [9.17, 15) is 4.79 Å². The smallest absolute Gasteiger partial charge is 0.252 e. The molecule has 0 aliphatic heterocycles. The van der Waals surface area contributed by atoms with Crippen molar-refractivity contribution in [2.24, 2.45) is 0 Å². The first kappa shape index (κ1) is 13.5. The Hall–Kier alpha value is -1.95. The number of rotatable bonds is 4. The third-order valence-electron chi connectivity index (χ3n) is 2.48. The first-order chi connectivity index (χ1) is 9.20. The number of ether oxygens (including phenoxy) is 1. The van der Waals surface area contributed by atoms with Gasteiger partial charge in [-0.1, -0.05) is 0 Å². The zero-order valence-corrected chi connectivity index (χ0v) is 11.8. The van der Waals surface area contributed by atoms with Crippen LogP contribution in [0.3, 0.4) is 0 Å². The maximum Gasteiger partial charge on any atom is 0.252 e. The summed E-state index contributed by atoms with van der Waals surface area (Å²) in [7, 11) is 1.56. The molecule has 0 atom stereocenters. The molecule has 6 heteroatoms. The Bertz CT molecular complexity index is 575. The molecule has 0 aliphatic carbocycles. The molecule has 5 nitrogen and oxygen atoms in total. The van der Waals surface area contributed by atoms with Gasteiger partial charge in [-0.05, 0) is 46.3 Å². The molecule has 0 unspecified atom stereocenters. The van der Waals surface area contributed by atoms with Crippen LogP contribution in [0.25, 0.3) is 0 Å². The standard InChI is InChI=1S/C13H12BrN3O2/c1-19-10-4-5-12(14)11(7-10)13(18)15-8-9-3-2-6-16-17-9/h2-7H,8H2,1H3,(H,15,18). The topological polar surface area (TPSA) is 64.1 Å². The van der Waals surface area contributed by atoms with Crippen molar-refractivity contribution in [3.63, 3.8) is 0 Å². The van der Waals surface area contributed by atoms with Crippen LogP contribution in [-0.2, 0) is 6.54 Å². The molecule has 2 aromatic rings. The summed E-state index contributed by atoms with van der Waals surface area (Å²) in [5.41, 5.74) is 1.22. The minimum Gasteiger partial charge on any atom is -0.497 e. The molecule has 0 spiro atoms. The zero-order valence-electron chi connectivity index (χ0n) is 10.3. The molecule has 2 rings (SSSR count). The molecule has 0 fully saturated rings. The average molecular weight is 322 g/mol. The van der Waals surface area contributed by atoms with E-state index >= 15 is 0 Å². The summed E-state index contributed by atoms with van der Waals surface area (Å²) in [6, 6.07) is 8.81. The van der Waals surface area contributed by atoms with Crippen molar-refractivity contribution < 1.29 is 9.53 Å². The number of hydrogen-bond acceptors (Lipinski definition) is 4. The van der Waals surface area contributed by atoms with Gasteiger partial charge in [-0.25, -0.2) is 0 Å². The number of hydrogen-bond donors (Lipinski definition) is 1. The van der Waals surface area contributed by atoms with Gasteiger partial charge in [-0.15, -0.1) is 0 Å². The molecule has 1 N–H and O–H groups in total. The highest BCUT2D eigenvalue weighted by Crippen LogP contribution is 2.22. The van der Waals surface area contributed by atoms with Crippen LogP contribution in [0.5, 0.6) is 5.75 Å². The number of carbonyl (C=O) groups is 1. The minimum atomic E-state index is -0.198. The second kappa shape index (κ2) is 6.29. The molecule has 0 radical (unpaired) electrons. The van der Waals surface area contributed by atoms with Crippen molar-refractivity contribution in [1.29, 1.82) is 0 Å². The Balaban J connectivity index is 2.08. The summed E-state index contributed by atoms with van der Waals surface area (Å²) >= 11 is 3.34. The van der Waals surface area contributed by atoms with Crippen molar-refractivity contribution in [3.8, 4) is 5.75 Å². The van der Waals surface area contributed by atoms with Gasteiger partial charge in [0.15, 0.2) is 0 Å². The Morgan fingerprint density at radius 2 is 2.26 bits per heavy atom. The summed E-state index contributed by atoms with van der Waals surface area (Å²) in [5, 5.41) is 10.4. The molecule has 1 aromatic heterocycles. The molecule has 98 valence electrons. The van der Waals surface area contributed by atoms with Crippen molar-refractivity contribution in [3.05, 3.63) is 52.3 Å². The van der Waals surface area contributed by atoms with Crippen LogP contribution in [0.4, 0.5) is 0 Å². The van der Waals surface area contributed by atoms with Crippen molar-refractivity contribution in [1.82, 2.24) is 15.5 Å². The third-order valence-corrected chi connectivity index (χ3v) is 3.17. The van der Waals surface area contributed by atoms with Gasteiger partial charge in [-0.2, -0.15) is 10.2 Å². The van der Waals surface area contributed by atoms with E-state index in [1.807, 2.05) is 0 Å². The van der Waals surface area contributed by atoms with Crippen LogP contribution < -0.4 is 10.1 Å². The van der Waals surface area contributed by atoms with Crippen LogP contribution >= 0.6 is 15.9 Å². The van der Waals surface area contributed by atoms with E-state index in [0.29, 0.717) is 28.0 Å². The van der Waals surface area contributed by atoms with Crippen molar-refractivity contribution >= 4 is 21.8 Å². The summed E-state index contributed by atoms with van der Waals surface area (Å²) < 4.78 is 5.81. The molecule has 1 aromatic carbocycles. The second-order valence-corrected chi connectivity index (χ2v) is 4.60. The molecule has 19 heavy (non-hydrogen) atoms. The van der Waals surface area contributed by atoms with Crippen LogP contribution in [-0.4, -0.2) is 23.2 Å². The summed E-state index contributed by atoms with van der Waals surface area (Å²) in [5.74, 6) is 0.435. The van der Waals surface area contributed by atoms with E-state index in [2.05, 4.69) is 31.4 Å². The fourth-order valence-electron chi connectivity index (χ4n) is 1.50. The maximum atomic E-state index is 12.1. The molecule has 1 heterocycles. The lowest BCUT2D eigenvalue weighted by Gasteiger charge is -2.08. The Morgan fingerprint density at radius 1 is 1.42 bits per heavy atom. The van der Waals surface area contributed by atoms with Gasteiger partial charge in [-0.3, -0.25) is 4.79 Å².